The van der Waals surface area contributed by atoms with E-state index in [1.54, 1.807) is 24.4 Å². The van der Waals surface area contributed by atoms with Gasteiger partial charge in [0.15, 0.2) is 9.84 Å². The summed E-state index contributed by atoms with van der Waals surface area (Å²) in [5.74, 6) is 0.530. The first-order valence-corrected chi connectivity index (χ1v) is 13.2. The lowest BCUT2D eigenvalue weighted by molar-refractivity contribution is 0.0981. The molecule has 1 saturated heterocycles. The summed E-state index contributed by atoms with van der Waals surface area (Å²) in [4.78, 5) is 27.7. The van der Waals surface area contributed by atoms with E-state index in [2.05, 4.69) is 20.5 Å². The summed E-state index contributed by atoms with van der Waals surface area (Å²) >= 11 is 0. The van der Waals surface area contributed by atoms with E-state index in [9.17, 15) is 13.2 Å². The van der Waals surface area contributed by atoms with E-state index in [-0.39, 0.29) is 17.0 Å². The molecule has 10 nitrogen and oxygen atoms in total. The van der Waals surface area contributed by atoms with Gasteiger partial charge in [0, 0.05) is 48.6 Å². The lowest BCUT2D eigenvalue weighted by Crippen LogP contribution is -2.44. The highest BCUT2D eigenvalue weighted by molar-refractivity contribution is 7.90. The Bertz CT molecular complexity index is 1310. The Labute approximate surface area is 204 Å². The highest BCUT2D eigenvalue weighted by Gasteiger charge is 2.23. The Kier molecular flexibility index (Phi) is 7.27. The fraction of sp³-hybridized carbons (Fsp3) is 0.333. The molecule has 2 amide bonds. The van der Waals surface area contributed by atoms with Crippen LogP contribution in [-0.4, -0.2) is 68.0 Å². The van der Waals surface area contributed by atoms with Crippen LogP contribution in [0.2, 0.25) is 0 Å². The van der Waals surface area contributed by atoms with Gasteiger partial charge in [0.2, 0.25) is 5.95 Å². The third-order valence-electron chi connectivity index (χ3n) is 5.55. The van der Waals surface area contributed by atoms with Crippen molar-refractivity contribution in [3.8, 4) is 22.5 Å². The molecule has 3 heterocycles. The lowest BCUT2D eigenvalue weighted by Gasteiger charge is -2.33. The average Bonchev–Trinajstić information content (AvgIpc) is 2.84. The van der Waals surface area contributed by atoms with Crippen molar-refractivity contribution in [1.82, 2.24) is 20.3 Å². The first-order valence-electron chi connectivity index (χ1n) is 11.3. The van der Waals surface area contributed by atoms with Crippen LogP contribution in [-0.2, 0) is 14.6 Å². The van der Waals surface area contributed by atoms with E-state index in [0.29, 0.717) is 54.9 Å². The molecule has 0 radical (unpaired) electrons. The third kappa shape index (κ3) is 5.92. The number of sulfone groups is 1. The van der Waals surface area contributed by atoms with Crippen LogP contribution in [0, 0.1) is 0 Å². The maximum Gasteiger partial charge on any atom is 0.319 e. The first kappa shape index (κ1) is 24.6. The van der Waals surface area contributed by atoms with Gasteiger partial charge in [-0.3, -0.25) is 4.98 Å². The monoisotopic (exact) mass is 496 g/mol. The van der Waals surface area contributed by atoms with Crippen LogP contribution in [0.4, 0.5) is 16.4 Å². The Balaban J connectivity index is 1.76. The molecule has 2 N–H and O–H groups in total. The van der Waals surface area contributed by atoms with E-state index in [4.69, 9.17) is 14.7 Å². The van der Waals surface area contributed by atoms with Crippen LogP contribution in [0.1, 0.15) is 13.8 Å². The number of carbonyl (C=O) groups is 1. The first-order chi connectivity index (χ1) is 16.7. The van der Waals surface area contributed by atoms with Crippen LogP contribution >= 0.6 is 0 Å². The summed E-state index contributed by atoms with van der Waals surface area (Å²) in [6.07, 6.45) is 4.06. The van der Waals surface area contributed by atoms with Gasteiger partial charge in [0.05, 0.1) is 35.5 Å². The second-order valence-electron chi connectivity index (χ2n) is 8.30. The number of nitrogens with zero attached hydrogens (tertiary/aromatic N) is 4. The highest BCUT2D eigenvalue weighted by Crippen LogP contribution is 2.29. The largest absolute Gasteiger partial charge is 0.377 e. The van der Waals surface area contributed by atoms with Crippen LogP contribution in [0.25, 0.3) is 22.5 Å². The number of carbonyl (C=O) groups excluding carboxylic acids is 1. The summed E-state index contributed by atoms with van der Waals surface area (Å²) in [6, 6.07) is 10.5. The summed E-state index contributed by atoms with van der Waals surface area (Å²) in [5.41, 5.74) is 3.28. The molecule has 184 valence electrons. The van der Waals surface area contributed by atoms with Crippen LogP contribution in [0.15, 0.2) is 53.7 Å². The van der Waals surface area contributed by atoms with Crippen molar-refractivity contribution in [1.29, 1.82) is 0 Å². The molecule has 0 bridgehead atoms. The molecular formula is C24H28N6O4S. The normalized spacial score (nSPS) is 16.1. The minimum atomic E-state index is -3.43. The van der Waals surface area contributed by atoms with Gasteiger partial charge < -0.3 is 20.3 Å². The fourth-order valence-electron chi connectivity index (χ4n) is 3.70. The standard InChI is InChI=1S/C24H28N6O4S/c1-4-26-24(31)27-19-7-5-17(6-8-19)21-12-22(18-11-20(14-25-13-18)35(3,32)33)29-23(28-21)30-9-10-34-15-16(30)2/h5-8,11-14,16H,4,9-10,15H2,1-3H3,(H2,26,27,31)/t16-/m0/s1. The predicted octanol–water partition coefficient (Wildman–Crippen LogP) is 2.98. The molecule has 0 spiro atoms. The summed E-state index contributed by atoms with van der Waals surface area (Å²) in [6.45, 7) is 6.20. The number of amides is 2. The lowest BCUT2D eigenvalue weighted by atomic mass is 10.1. The average molecular weight is 497 g/mol. The number of hydrogen-bond donors (Lipinski definition) is 2. The maximum absolute atomic E-state index is 12.1. The second kappa shape index (κ2) is 10.4. The van der Waals surface area contributed by atoms with Gasteiger partial charge in [0.1, 0.15) is 0 Å². The number of ether oxygens (including phenoxy) is 1. The minimum Gasteiger partial charge on any atom is -0.377 e. The van der Waals surface area contributed by atoms with Gasteiger partial charge in [-0.1, -0.05) is 12.1 Å². The zero-order valence-corrected chi connectivity index (χ0v) is 20.7. The van der Waals surface area contributed by atoms with Gasteiger partial charge in [-0.2, -0.15) is 0 Å². The maximum atomic E-state index is 12.1. The number of urea groups is 1. The number of benzene rings is 1. The Morgan fingerprint density at radius 3 is 2.49 bits per heavy atom. The fourth-order valence-corrected chi connectivity index (χ4v) is 4.30. The molecular weight excluding hydrogens is 468 g/mol. The Morgan fingerprint density at radius 2 is 1.83 bits per heavy atom. The van der Waals surface area contributed by atoms with Crippen molar-refractivity contribution in [3.63, 3.8) is 0 Å². The number of rotatable bonds is 6. The van der Waals surface area contributed by atoms with Crippen molar-refractivity contribution in [2.24, 2.45) is 0 Å². The molecule has 0 unspecified atom stereocenters. The number of pyridine rings is 1. The van der Waals surface area contributed by atoms with Crippen molar-refractivity contribution in [3.05, 3.63) is 48.8 Å². The van der Waals surface area contributed by atoms with Crippen molar-refractivity contribution >= 4 is 27.5 Å². The highest BCUT2D eigenvalue weighted by atomic mass is 32.2. The molecule has 3 aromatic rings. The smallest absolute Gasteiger partial charge is 0.319 e. The van der Waals surface area contributed by atoms with Crippen LogP contribution < -0.4 is 15.5 Å². The molecule has 1 aliphatic rings. The van der Waals surface area contributed by atoms with Crippen molar-refractivity contribution in [2.45, 2.75) is 24.8 Å². The van der Waals surface area contributed by atoms with E-state index in [1.807, 2.05) is 32.0 Å². The molecule has 0 saturated carbocycles. The number of aromatic nitrogens is 3. The number of hydrogen-bond acceptors (Lipinski definition) is 8. The van der Waals surface area contributed by atoms with E-state index >= 15 is 0 Å². The third-order valence-corrected chi connectivity index (χ3v) is 6.63. The molecule has 11 heteroatoms. The molecule has 1 fully saturated rings. The molecule has 35 heavy (non-hydrogen) atoms. The van der Waals surface area contributed by atoms with Gasteiger partial charge in [-0.25, -0.2) is 23.2 Å². The SMILES string of the molecule is CCNC(=O)Nc1ccc(-c2cc(-c3cncc(S(C)(=O)=O)c3)nc(N3CCOC[C@@H]3C)n2)cc1. The van der Waals surface area contributed by atoms with Crippen molar-refractivity contribution < 1.29 is 17.9 Å². The van der Waals surface area contributed by atoms with E-state index < -0.39 is 9.84 Å². The van der Waals surface area contributed by atoms with Gasteiger partial charge in [0.25, 0.3) is 0 Å². The van der Waals surface area contributed by atoms with Crippen LogP contribution in [0.3, 0.4) is 0 Å². The Morgan fingerprint density at radius 1 is 1.11 bits per heavy atom. The zero-order chi connectivity index (χ0) is 25.0. The summed E-state index contributed by atoms with van der Waals surface area (Å²) in [5, 5.41) is 5.47. The number of anilines is 2. The van der Waals surface area contributed by atoms with Crippen molar-refractivity contribution in [2.75, 3.05) is 42.8 Å². The topological polar surface area (TPSA) is 126 Å². The molecule has 4 rings (SSSR count). The van der Waals surface area contributed by atoms with E-state index in [1.165, 1.54) is 6.20 Å². The second-order valence-corrected chi connectivity index (χ2v) is 10.3. The van der Waals surface area contributed by atoms with Crippen LogP contribution in [0.5, 0.6) is 0 Å². The summed E-state index contributed by atoms with van der Waals surface area (Å²) < 4.78 is 29.7. The molecule has 0 aliphatic carbocycles. The zero-order valence-electron chi connectivity index (χ0n) is 19.9. The van der Waals surface area contributed by atoms with E-state index in [0.717, 1.165) is 11.8 Å². The number of morpholine rings is 1. The van der Waals surface area contributed by atoms with Gasteiger partial charge in [-0.05, 0) is 38.1 Å². The minimum absolute atomic E-state index is 0.0796. The quantitative estimate of drug-likeness (QED) is 0.533. The van der Waals surface area contributed by atoms with Gasteiger partial charge in [-0.15, -0.1) is 0 Å². The molecule has 1 atom stereocenters. The molecule has 1 aromatic carbocycles. The predicted molar refractivity (Wildman–Crippen MR) is 134 cm³/mol. The number of nitrogens with one attached hydrogen (secondary N) is 2. The molecule has 1 aliphatic heterocycles. The Hall–Kier alpha value is -3.57. The van der Waals surface area contributed by atoms with Gasteiger partial charge >= 0.3 is 6.03 Å². The summed E-state index contributed by atoms with van der Waals surface area (Å²) in [7, 11) is -3.43. The molecule has 2 aromatic heterocycles.